The number of nitrogens with zero attached hydrogens (tertiary/aromatic N) is 4. The molecule has 0 bridgehead atoms. The number of aromatic nitrogens is 3. The number of anilines is 2. The van der Waals surface area contributed by atoms with E-state index >= 15 is 0 Å². The van der Waals surface area contributed by atoms with Crippen LogP contribution >= 0.6 is 0 Å². The molecule has 1 aromatic heterocycles. The molecule has 1 N–H and O–H groups in total. The Bertz CT molecular complexity index is 1180. The first-order valence-electron chi connectivity index (χ1n) is 10.1. The Balaban J connectivity index is 1.72. The minimum atomic E-state index is -0.546. The van der Waals surface area contributed by atoms with E-state index in [9.17, 15) is 14.0 Å². The van der Waals surface area contributed by atoms with Gasteiger partial charge in [-0.1, -0.05) is 36.4 Å². The van der Waals surface area contributed by atoms with E-state index in [0.29, 0.717) is 22.9 Å². The molecule has 1 aliphatic heterocycles. The maximum absolute atomic E-state index is 13.5. The third kappa shape index (κ3) is 4.09. The van der Waals surface area contributed by atoms with Crippen LogP contribution in [-0.4, -0.2) is 39.8 Å². The summed E-state index contributed by atoms with van der Waals surface area (Å²) in [5, 5.41) is 7.00. The SMILES string of the molecule is CCOC(=O)C1=C(C)N(CC(=O)Nc2cccc(F)c2)c2ncnn2C1c1ccccc1. The molecule has 3 aromatic rings. The molecule has 32 heavy (non-hydrogen) atoms. The summed E-state index contributed by atoms with van der Waals surface area (Å²) in [6.07, 6.45) is 1.38. The molecule has 0 saturated heterocycles. The van der Waals surface area contributed by atoms with Crippen LogP contribution in [0.1, 0.15) is 25.5 Å². The Kier molecular flexibility index (Phi) is 5.98. The van der Waals surface area contributed by atoms with Crippen LogP contribution in [0.2, 0.25) is 0 Å². The number of carbonyl (C=O) groups is 2. The number of fused-ring (bicyclic) bond motifs is 1. The molecule has 0 saturated carbocycles. The van der Waals surface area contributed by atoms with Gasteiger partial charge in [0, 0.05) is 11.4 Å². The van der Waals surface area contributed by atoms with Crippen molar-refractivity contribution in [3.8, 4) is 0 Å². The average Bonchev–Trinajstić information content (AvgIpc) is 3.25. The zero-order chi connectivity index (χ0) is 22.7. The maximum Gasteiger partial charge on any atom is 0.338 e. The summed E-state index contributed by atoms with van der Waals surface area (Å²) in [5.41, 5.74) is 2.08. The topological polar surface area (TPSA) is 89.3 Å². The van der Waals surface area contributed by atoms with Crippen molar-refractivity contribution in [1.82, 2.24) is 14.8 Å². The highest BCUT2D eigenvalue weighted by Gasteiger charge is 2.38. The molecule has 0 fully saturated rings. The number of nitrogens with one attached hydrogen (secondary N) is 1. The van der Waals surface area contributed by atoms with E-state index in [-0.39, 0.29) is 13.2 Å². The van der Waals surface area contributed by atoms with Crippen LogP contribution in [0.15, 0.2) is 72.2 Å². The monoisotopic (exact) mass is 435 g/mol. The highest BCUT2D eigenvalue weighted by Crippen LogP contribution is 2.38. The van der Waals surface area contributed by atoms with Crippen LogP contribution in [0.25, 0.3) is 0 Å². The number of carbonyl (C=O) groups excluding carboxylic acids is 2. The molecule has 0 radical (unpaired) electrons. The van der Waals surface area contributed by atoms with Crippen LogP contribution < -0.4 is 10.2 Å². The average molecular weight is 435 g/mol. The first-order chi connectivity index (χ1) is 15.5. The second-order valence-electron chi connectivity index (χ2n) is 7.18. The summed E-state index contributed by atoms with van der Waals surface area (Å²) in [4.78, 5) is 31.7. The largest absolute Gasteiger partial charge is 0.463 e. The van der Waals surface area contributed by atoms with Crippen LogP contribution in [-0.2, 0) is 14.3 Å². The van der Waals surface area contributed by atoms with Crippen LogP contribution in [0.3, 0.4) is 0 Å². The Morgan fingerprint density at radius 3 is 2.66 bits per heavy atom. The zero-order valence-corrected chi connectivity index (χ0v) is 17.7. The van der Waals surface area contributed by atoms with Crippen molar-refractivity contribution in [3.05, 3.63) is 83.6 Å². The second kappa shape index (κ2) is 9.01. The van der Waals surface area contributed by atoms with Crippen molar-refractivity contribution < 1.29 is 18.7 Å². The van der Waals surface area contributed by atoms with Gasteiger partial charge in [0.2, 0.25) is 11.9 Å². The molecule has 1 unspecified atom stereocenters. The number of allylic oxidation sites excluding steroid dienone is 1. The van der Waals surface area contributed by atoms with E-state index in [1.54, 1.807) is 29.5 Å². The molecule has 1 aliphatic rings. The van der Waals surface area contributed by atoms with Gasteiger partial charge in [-0.2, -0.15) is 10.1 Å². The summed E-state index contributed by atoms with van der Waals surface area (Å²) in [5.74, 6) is -0.924. The van der Waals surface area contributed by atoms with Crippen molar-refractivity contribution in [2.24, 2.45) is 0 Å². The number of halogens is 1. The molecular weight excluding hydrogens is 413 g/mol. The second-order valence-corrected chi connectivity index (χ2v) is 7.18. The molecule has 0 spiro atoms. The Hall–Kier alpha value is -4.01. The third-order valence-corrected chi connectivity index (χ3v) is 5.13. The number of hydrogen-bond donors (Lipinski definition) is 1. The quantitative estimate of drug-likeness (QED) is 0.598. The summed E-state index contributed by atoms with van der Waals surface area (Å²) in [6, 6.07) is 14.5. The van der Waals surface area contributed by atoms with E-state index in [1.807, 2.05) is 30.3 Å². The molecule has 1 amide bonds. The minimum absolute atomic E-state index is 0.147. The molecule has 0 aliphatic carbocycles. The Morgan fingerprint density at radius 2 is 1.94 bits per heavy atom. The number of hydrogen-bond acceptors (Lipinski definition) is 6. The lowest BCUT2D eigenvalue weighted by molar-refractivity contribution is -0.139. The predicted molar refractivity (Wildman–Crippen MR) is 116 cm³/mol. The van der Waals surface area contributed by atoms with Crippen molar-refractivity contribution >= 4 is 23.5 Å². The lowest BCUT2D eigenvalue weighted by Crippen LogP contribution is -2.40. The molecule has 2 heterocycles. The number of esters is 1. The summed E-state index contributed by atoms with van der Waals surface area (Å²) < 4.78 is 20.4. The normalized spacial score (nSPS) is 15.3. The molecule has 1 atom stereocenters. The number of amides is 1. The molecular formula is C23H22FN5O3. The van der Waals surface area contributed by atoms with Crippen LogP contribution in [0.4, 0.5) is 16.0 Å². The summed E-state index contributed by atoms with van der Waals surface area (Å²) in [7, 11) is 0. The van der Waals surface area contributed by atoms with Gasteiger partial charge in [0.1, 0.15) is 24.7 Å². The van der Waals surface area contributed by atoms with Gasteiger partial charge in [0.15, 0.2) is 0 Å². The number of benzene rings is 2. The van der Waals surface area contributed by atoms with Gasteiger partial charge in [-0.3, -0.25) is 4.79 Å². The van der Waals surface area contributed by atoms with E-state index in [0.717, 1.165) is 5.56 Å². The van der Waals surface area contributed by atoms with E-state index in [4.69, 9.17) is 4.74 Å². The van der Waals surface area contributed by atoms with E-state index in [2.05, 4.69) is 15.4 Å². The predicted octanol–water partition coefficient (Wildman–Crippen LogP) is 3.30. The van der Waals surface area contributed by atoms with Crippen molar-refractivity contribution in [3.63, 3.8) is 0 Å². The number of ether oxygens (including phenoxy) is 1. The molecule has 2 aromatic carbocycles. The highest BCUT2D eigenvalue weighted by molar-refractivity contribution is 5.96. The fourth-order valence-corrected chi connectivity index (χ4v) is 3.75. The fourth-order valence-electron chi connectivity index (χ4n) is 3.75. The Morgan fingerprint density at radius 1 is 1.16 bits per heavy atom. The highest BCUT2D eigenvalue weighted by atomic mass is 19.1. The van der Waals surface area contributed by atoms with Crippen molar-refractivity contribution in [2.75, 3.05) is 23.4 Å². The minimum Gasteiger partial charge on any atom is -0.463 e. The van der Waals surface area contributed by atoms with Crippen molar-refractivity contribution in [2.45, 2.75) is 19.9 Å². The van der Waals surface area contributed by atoms with Crippen molar-refractivity contribution in [1.29, 1.82) is 0 Å². The van der Waals surface area contributed by atoms with Gasteiger partial charge in [-0.15, -0.1) is 0 Å². The smallest absolute Gasteiger partial charge is 0.338 e. The Labute approximate surface area is 184 Å². The zero-order valence-electron chi connectivity index (χ0n) is 17.7. The van der Waals surface area contributed by atoms with Crippen LogP contribution in [0.5, 0.6) is 0 Å². The number of rotatable bonds is 6. The van der Waals surface area contributed by atoms with Gasteiger partial charge < -0.3 is 15.0 Å². The van der Waals surface area contributed by atoms with Gasteiger partial charge in [0.05, 0.1) is 12.2 Å². The van der Waals surface area contributed by atoms with Gasteiger partial charge in [-0.25, -0.2) is 13.9 Å². The van der Waals surface area contributed by atoms with Gasteiger partial charge in [0.25, 0.3) is 0 Å². The third-order valence-electron chi connectivity index (χ3n) is 5.13. The standard InChI is InChI=1S/C23H22FN5O3/c1-3-32-22(31)20-15(2)28(13-19(30)27-18-11-7-10-17(24)12-18)23-25-14-26-29(23)21(20)16-8-5-4-6-9-16/h4-12,14,21H,3,13H2,1-2H3,(H,27,30). The van der Waals surface area contributed by atoms with E-state index in [1.165, 1.54) is 24.5 Å². The lowest BCUT2D eigenvalue weighted by Gasteiger charge is -2.35. The van der Waals surface area contributed by atoms with Crippen LogP contribution in [0, 0.1) is 5.82 Å². The van der Waals surface area contributed by atoms with Gasteiger partial charge >= 0.3 is 5.97 Å². The first kappa shape index (κ1) is 21.2. The van der Waals surface area contributed by atoms with E-state index < -0.39 is 23.7 Å². The molecule has 9 heteroatoms. The van der Waals surface area contributed by atoms with Gasteiger partial charge in [-0.05, 0) is 37.6 Å². The first-order valence-corrected chi connectivity index (χ1v) is 10.1. The summed E-state index contributed by atoms with van der Waals surface area (Å²) in [6.45, 7) is 3.54. The molecule has 4 rings (SSSR count). The molecule has 164 valence electrons. The molecule has 8 nitrogen and oxygen atoms in total. The fraction of sp³-hybridized carbons (Fsp3) is 0.217. The summed E-state index contributed by atoms with van der Waals surface area (Å²) >= 11 is 0. The lowest BCUT2D eigenvalue weighted by atomic mass is 9.95. The maximum atomic E-state index is 13.5.